The minimum absolute atomic E-state index is 0.0822. The SMILES string of the molecule is O=C(O)C1(O)CCCCN1O. The van der Waals surface area contributed by atoms with E-state index >= 15 is 0 Å². The molecule has 0 saturated carbocycles. The summed E-state index contributed by atoms with van der Waals surface area (Å²) in [7, 11) is 0. The van der Waals surface area contributed by atoms with Gasteiger partial charge in [0, 0.05) is 13.0 Å². The molecule has 0 bridgehead atoms. The Kier molecular flexibility index (Phi) is 2.12. The molecule has 1 aliphatic rings. The van der Waals surface area contributed by atoms with Gasteiger partial charge >= 0.3 is 5.97 Å². The molecule has 0 aromatic rings. The average Bonchev–Trinajstić information content (AvgIpc) is 1.95. The average molecular weight is 161 g/mol. The van der Waals surface area contributed by atoms with Crippen molar-refractivity contribution in [3.05, 3.63) is 0 Å². The molecule has 0 aromatic carbocycles. The molecule has 1 fully saturated rings. The summed E-state index contributed by atoms with van der Waals surface area (Å²) in [5, 5.41) is 27.3. The first-order valence-corrected chi connectivity index (χ1v) is 3.49. The Morgan fingerprint density at radius 3 is 2.45 bits per heavy atom. The highest BCUT2D eigenvalue weighted by atomic mass is 16.6. The van der Waals surface area contributed by atoms with Crippen LogP contribution in [0, 0.1) is 0 Å². The normalized spacial score (nSPS) is 33.6. The second-order valence-electron chi connectivity index (χ2n) is 2.70. The van der Waals surface area contributed by atoms with Gasteiger partial charge in [0.15, 0.2) is 0 Å². The predicted molar refractivity (Wildman–Crippen MR) is 34.9 cm³/mol. The van der Waals surface area contributed by atoms with E-state index in [1.165, 1.54) is 0 Å². The molecule has 3 N–H and O–H groups in total. The third-order valence-corrected chi connectivity index (χ3v) is 1.91. The van der Waals surface area contributed by atoms with Crippen molar-refractivity contribution in [3.8, 4) is 0 Å². The number of nitrogens with zero attached hydrogens (tertiary/aromatic N) is 1. The summed E-state index contributed by atoms with van der Waals surface area (Å²) < 4.78 is 0. The van der Waals surface area contributed by atoms with Gasteiger partial charge in [-0.2, -0.15) is 5.06 Å². The highest BCUT2D eigenvalue weighted by Crippen LogP contribution is 2.23. The number of aliphatic carboxylic acids is 1. The van der Waals surface area contributed by atoms with Gasteiger partial charge in [-0.05, 0) is 12.8 Å². The summed E-state index contributed by atoms with van der Waals surface area (Å²) in [4.78, 5) is 10.4. The number of carbonyl (C=O) groups is 1. The summed E-state index contributed by atoms with van der Waals surface area (Å²) in [5.74, 6) is -1.39. The zero-order valence-corrected chi connectivity index (χ0v) is 6.03. The first-order valence-electron chi connectivity index (χ1n) is 3.49. The Morgan fingerprint density at radius 1 is 1.45 bits per heavy atom. The van der Waals surface area contributed by atoms with Gasteiger partial charge in [0.25, 0.3) is 0 Å². The van der Waals surface area contributed by atoms with Crippen molar-refractivity contribution in [2.75, 3.05) is 6.54 Å². The molecule has 0 amide bonds. The standard InChI is InChI=1S/C6H11NO4/c8-5(9)6(10)3-1-2-4-7(6)11/h10-11H,1-4H2,(H,8,9). The lowest BCUT2D eigenvalue weighted by atomic mass is 10.0. The van der Waals surface area contributed by atoms with Crippen molar-refractivity contribution < 1.29 is 20.2 Å². The van der Waals surface area contributed by atoms with E-state index in [1.54, 1.807) is 0 Å². The molecule has 0 aromatic heterocycles. The highest BCUT2D eigenvalue weighted by Gasteiger charge is 2.43. The molecule has 0 spiro atoms. The van der Waals surface area contributed by atoms with Crippen LogP contribution in [0.5, 0.6) is 0 Å². The van der Waals surface area contributed by atoms with Crippen molar-refractivity contribution >= 4 is 5.97 Å². The molecule has 1 unspecified atom stereocenters. The predicted octanol–water partition coefficient (Wildman–Crippen LogP) is -0.365. The maximum Gasteiger partial charge on any atom is 0.353 e. The molecule has 0 aliphatic carbocycles. The minimum atomic E-state index is -2.06. The zero-order chi connectivity index (χ0) is 8.48. The van der Waals surface area contributed by atoms with Crippen molar-refractivity contribution in [2.45, 2.75) is 25.0 Å². The number of piperidine rings is 1. The maximum absolute atomic E-state index is 10.4. The van der Waals surface area contributed by atoms with E-state index in [2.05, 4.69) is 0 Å². The van der Waals surface area contributed by atoms with Gasteiger partial charge in [0.05, 0.1) is 0 Å². The van der Waals surface area contributed by atoms with Crippen LogP contribution in [0.3, 0.4) is 0 Å². The smallest absolute Gasteiger partial charge is 0.353 e. The first-order chi connectivity index (χ1) is 5.07. The lowest BCUT2D eigenvalue weighted by Gasteiger charge is -2.34. The van der Waals surface area contributed by atoms with Crippen LogP contribution in [0.15, 0.2) is 0 Å². The molecular weight excluding hydrogens is 150 g/mol. The van der Waals surface area contributed by atoms with E-state index in [9.17, 15) is 9.90 Å². The van der Waals surface area contributed by atoms with Gasteiger partial charge < -0.3 is 15.4 Å². The van der Waals surface area contributed by atoms with Crippen molar-refractivity contribution in [3.63, 3.8) is 0 Å². The summed E-state index contributed by atoms with van der Waals surface area (Å²) in [6, 6.07) is 0. The third-order valence-electron chi connectivity index (χ3n) is 1.91. The zero-order valence-electron chi connectivity index (χ0n) is 6.03. The summed E-state index contributed by atoms with van der Waals surface area (Å²) in [5.41, 5.74) is -2.06. The van der Waals surface area contributed by atoms with Crippen LogP contribution < -0.4 is 0 Å². The third kappa shape index (κ3) is 1.35. The van der Waals surface area contributed by atoms with Crippen LogP contribution in [0.4, 0.5) is 0 Å². The number of hydroxylamine groups is 2. The molecule has 5 nitrogen and oxygen atoms in total. The fourth-order valence-corrected chi connectivity index (χ4v) is 1.16. The lowest BCUT2D eigenvalue weighted by Crippen LogP contribution is -2.55. The highest BCUT2D eigenvalue weighted by molar-refractivity contribution is 5.76. The maximum atomic E-state index is 10.4. The monoisotopic (exact) mass is 161 g/mol. The minimum Gasteiger partial charge on any atom is -0.478 e. The number of hydrogen-bond donors (Lipinski definition) is 3. The number of aliphatic hydroxyl groups is 1. The second-order valence-corrected chi connectivity index (χ2v) is 2.70. The van der Waals surface area contributed by atoms with E-state index < -0.39 is 11.7 Å². The largest absolute Gasteiger partial charge is 0.478 e. The van der Waals surface area contributed by atoms with E-state index in [1.807, 2.05) is 0 Å². The van der Waals surface area contributed by atoms with Crippen LogP contribution >= 0.6 is 0 Å². The van der Waals surface area contributed by atoms with Crippen molar-refractivity contribution in [1.29, 1.82) is 0 Å². The first kappa shape index (κ1) is 8.45. The Hall–Kier alpha value is -0.650. The van der Waals surface area contributed by atoms with Crippen LogP contribution in [0.1, 0.15) is 19.3 Å². The van der Waals surface area contributed by atoms with Gasteiger partial charge in [-0.3, -0.25) is 0 Å². The molecular formula is C6H11NO4. The molecule has 1 atom stereocenters. The van der Waals surface area contributed by atoms with E-state index in [4.69, 9.17) is 10.3 Å². The van der Waals surface area contributed by atoms with Crippen LogP contribution in [-0.2, 0) is 4.79 Å². The summed E-state index contributed by atoms with van der Waals surface area (Å²) >= 11 is 0. The van der Waals surface area contributed by atoms with Crippen molar-refractivity contribution in [2.24, 2.45) is 0 Å². The second kappa shape index (κ2) is 2.77. The van der Waals surface area contributed by atoms with E-state index in [0.717, 1.165) is 0 Å². The topological polar surface area (TPSA) is 81.0 Å². The van der Waals surface area contributed by atoms with Crippen LogP contribution in [0.2, 0.25) is 0 Å². The lowest BCUT2D eigenvalue weighted by molar-refractivity contribution is -0.274. The Labute approximate surface area is 63.8 Å². The van der Waals surface area contributed by atoms with Gasteiger partial charge in [-0.25, -0.2) is 4.79 Å². The molecule has 1 saturated heterocycles. The number of carboxylic acid groups (broad SMARTS) is 1. The van der Waals surface area contributed by atoms with E-state index in [0.29, 0.717) is 17.9 Å². The molecule has 1 heterocycles. The summed E-state index contributed by atoms with van der Waals surface area (Å²) in [6.07, 6.45) is 1.42. The molecule has 1 rings (SSSR count). The van der Waals surface area contributed by atoms with Gasteiger partial charge in [-0.1, -0.05) is 0 Å². The van der Waals surface area contributed by atoms with Crippen LogP contribution in [-0.4, -0.2) is 38.7 Å². The fraction of sp³-hybridized carbons (Fsp3) is 0.833. The van der Waals surface area contributed by atoms with Crippen LogP contribution in [0.25, 0.3) is 0 Å². The fourth-order valence-electron chi connectivity index (χ4n) is 1.16. The Balaban J connectivity index is 2.72. The van der Waals surface area contributed by atoms with Gasteiger partial charge in [0.1, 0.15) is 0 Å². The molecule has 0 radical (unpaired) electrons. The Morgan fingerprint density at radius 2 is 2.09 bits per heavy atom. The molecule has 11 heavy (non-hydrogen) atoms. The molecule has 64 valence electrons. The van der Waals surface area contributed by atoms with Gasteiger partial charge in [0.2, 0.25) is 5.72 Å². The Bertz CT molecular complexity index is 172. The molecule has 5 heteroatoms. The number of hydrogen-bond acceptors (Lipinski definition) is 4. The number of rotatable bonds is 1. The van der Waals surface area contributed by atoms with E-state index in [-0.39, 0.29) is 13.0 Å². The summed E-state index contributed by atoms with van der Waals surface area (Å²) in [6.45, 7) is 0.211. The number of carboxylic acids is 1. The quantitative estimate of drug-likeness (QED) is 0.489. The van der Waals surface area contributed by atoms with Crippen molar-refractivity contribution in [1.82, 2.24) is 5.06 Å². The van der Waals surface area contributed by atoms with Gasteiger partial charge in [-0.15, -0.1) is 0 Å². The molecule has 1 aliphatic heterocycles.